The molecule has 0 aliphatic rings. The lowest BCUT2D eigenvalue weighted by Crippen LogP contribution is -2.25. The molecule has 0 atom stereocenters. The van der Waals surface area contributed by atoms with Crippen LogP contribution >= 0.6 is 15.9 Å². The van der Waals surface area contributed by atoms with Gasteiger partial charge in [0, 0.05) is 6.07 Å². The number of aromatic amines is 1. The number of carbonyl (C=O) groups is 1. The molecule has 19 heavy (non-hydrogen) atoms. The van der Waals surface area contributed by atoms with Crippen LogP contribution in [0, 0.1) is 5.41 Å². The molecule has 0 radical (unpaired) electrons. The van der Waals surface area contributed by atoms with Crippen LogP contribution in [0.15, 0.2) is 17.0 Å². The molecular weight excluding hydrogens is 316 g/mol. The van der Waals surface area contributed by atoms with Gasteiger partial charge in [0.2, 0.25) is 0 Å². The van der Waals surface area contributed by atoms with Crippen molar-refractivity contribution >= 4 is 45.0 Å². The van der Waals surface area contributed by atoms with Gasteiger partial charge < -0.3 is 16.8 Å². The lowest BCUT2D eigenvalue weighted by atomic mass is 10.1. The van der Waals surface area contributed by atoms with E-state index in [-0.39, 0.29) is 23.0 Å². The first-order valence-corrected chi connectivity index (χ1v) is 5.75. The zero-order chi connectivity index (χ0) is 14.0. The van der Waals surface area contributed by atoms with Crippen LogP contribution in [0.25, 0.3) is 0 Å². The first-order chi connectivity index (χ1) is 8.99. The Morgan fingerprint density at radius 3 is 2.53 bits per heavy atom. The average Bonchev–Trinajstić information content (AvgIpc) is 2.74. The van der Waals surface area contributed by atoms with E-state index in [4.69, 9.17) is 16.9 Å². The summed E-state index contributed by atoms with van der Waals surface area (Å²) in [6.07, 6.45) is 1.16. The van der Waals surface area contributed by atoms with Crippen molar-refractivity contribution in [1.82, 2.24) is 20.2 Å². The molecule has 0 bridgehead atoms. The summed E-state index contributed by atoms with van der Waals surface area (Å²) in [6.45, 7) is 0. The number of hydrogen-bond acceptors (Lipinski definition) is 7. The predicted molar refractivity (Wildman–Crippen MR) is 72.6 cm³/mol. The Morgan fingerprint density at radius 2 is 2.00 bits per heavy atom. The highest BCUT2D eigenvalue weighted by molar-refractivity contribution is 9.10. The first kappa shape index (κ1) is 13.0. The van der Waals surface area contributed by atoms with Crippen molar-refractivity contribution in [1.29, 1.82) is 5.41 Å². The van der Waals surface area contributed by atoms with Gasteiger partial charge in [0.05, 0.1) is 5.56 Å². The van der Waals surface area contributed by atoms with Crippen LogP contribution in [0.2, 0.25) is 0 Å². The van der Waals surface area contributed by atoms with Gasteiger partial charge in [-0.1, -0.05) is 0 Å². The van der Waals surface area contributed by atoms with E-state index >= 15 is 0 Å². The van der Waals surface area contributed by atoms with E-state index in [1.54, 1.807) is 6.07 Å². The van der Waals surface area contributed by atoms with Gasteiger partial charge >= 0.3 is 0 Å². The molecule has 9 nitrogen and oxygen atoms in total. The SMILES string of the molecule is N=C(C(=O)Nc1cc(Br)[nH]n1)c1c(N)ncnc1N. The van der Waals surface area contributed by atoms with Gasteiger partial charge in [-0.2, -0.15) is 5.10 Å². The van der Waals surface area contributed by atoms with Crippen molar-refractivity contribution in [2.45, 2.75) is 0 Å². The third kappa shape index (κ3) is 2.68. The minimum absolute atomic E-state index is 0.00500. The maximum Gasteiger partial charge on any atom is 0.275 e. The molecule has 0 saturated carbocycles. The quantitative estimate of drug-likeness (QED) is 0.504. The highest BCUT2D eigenvalue weighted by Crippen LogP contribution is 2.16. The number of aromatic nitrogens is 4. The summed E-state index contributed by atoms with van der Waals surface area (Å²) in [5.74, 6) is -0.519. The zero-order valence-corrected chi connectivity index (χ0v) is 11.0. The van der Waals surface area contributed by atoms with Gasteiger partial charge in [-0.05, 0) is 15.9 Å². The van der Waals surface area contributed by atoms with Crippen molar-refractivity contribution in [3.05, 3.63) is 22.6 Å². The fraction of sp³-hybridized carbons (Fsp3) is 0. The van der Waals surface area contributed by atoms with E-state index in [0.29, 0.717) is 4.60 Å². The van der Waals surface area contributed by atoms with E-state index in [1.807, 2.05) is 0 Å². The summed E-state index contributed by atoms with van der Waals surface area (Å²) in [6, 6.07) is 1.54. The number of nitrogens with zero attached hydrogens (tertiary/aromatic N) is 3. The van der Waals surface area contributed by atoms with E-state index in [2.05, 4.69) is 41.4 Å². The standard InChI is InChI=1S/C9H9BrN8O/c10-3-1-4(18-17-3)16-9(19)6(11)5-7(12)14-2-15-8(5)13/h1-2,11H,(H4,12,13,14,15)(H2,16,17,18,19). The molecule has 98 valence electrons. The molecule has 0 spiro atoms. The second-order valence-electron chi connectivity index (χ2n) is 3.45. The number of amides is 1. The second-order valence-corrected chi connectivity index (χ2v) is 4.30. The molecule has 0 fully saturated rings. The minimum atomic E-state index is -0.716. The fourth-order valence-electron chi connectivity index (χ4n) is 1.32. The van der Waals surface area contributed by atoms with Gasteiger partial charge in [0.15, 0.2) is 5.82 Å². The number of nitrogens with one attached hydrogen (secondary N) is 3. The number of carbonyl (C=O) groups excluding carboxylic acids is 1. The van der Waals surface area contributed by atoms with Crippen LogP contribution in [0.1, 0.15) is 5.56 Å². The highest BCUT2D eigenvalue weighted by Gasteiger charge is 2.20. The number of nitrogens with two attached hydrogens (primary N) is 2. The Labute approximate surface area is 115 Å². The first-order valence-electron chi connectivity index (χ1n) is 4.96. The van der Waals surface area contributed by atoms with Crippen molar-refractivity contribution in [3.8, 4) is 0 Å². The van der Waals surface area contributed by atoms with Crippen LogP contribution in [-0.4, -0.2) is 31.8 Å². The second kappa shape index (κ2) is 5.02. The van der Waals surface area contributed by atoms with E-state index in [0.717, 1.165) is 6.33 Å². The number of rotatable bonds is 3. The predicted octanol–water partition coefficient (Wildman–Crippen LogP) is 0.133. The maximum absolute atomic E-state index is 11.9. The van der Waals surface area contributed by atoms with Crippen molar-refractivity contribution in [2.75, 3.05) is 16.8 Å². The molecule has 2 rings (SSSR count). The van der Waals surface area contributed by atoms with E-state index in [9.17, 15) is 4.79 Å². The summed E-state index contributed by atoms with van der Waals surface area (Å²) < 4.78 is 0.594. The summed E-state index contributed by atoms with van der Waals surface area (Å²) in [4.78, 5) is 19.2. The van der Waals surface area contributed by atoms with E-state index < -0.39 is 11.6 Å². The Hall–Kier alpha value is -2.49. The molecule has 0 aliphatic heterocycles. The minimum Gasteiger partial charge on any atom is -0.383 e. The van der Waals surface area contributed by atoms with Crippen molar-refractivity contribution < 1.29 is 4.79 Å². The molecule has 7 N–H and O–H groups in total. The van der Waals surface area contributed by atoms with Gasteiger partial charge in [-0.3, -0.25) is 15.3 Å². The molecule has 2 aromatic heterocycles. The fourth-order valence-corrected chi connectivity index (χ4v) is 1.63. The van der Waals surface area contributed by atoms with Gasteiger partial charge in [0.25, 0.3) is 5.91 Å². The van der Waals surface area contributed by atoms with Gasteiger partial charge in [-0.15, -0.1) is 0 Å². The molecule has 0 saturated heterocycles. The average molecular weight is 325 g/mol. The van der Waals surface area contributed by atoms with Crippen LogP contribution in [0.5, 0.6) is 0 Å². The Bertz CT molecular complexity index is 631. The van der Waals surface area contributed by atoms with Crippen LogP contribution in [0.4, 0.5) is 17.5 Å². The lowest BCUT2D eigenvalue weighted by Gasteiger charge is -2.07. The molecule has 2 heterocycles. The zero-order valence-electron chi connectivity index (χ0n) is 9.44. The molecule has 0 aromatic carbocycles. The Morgan fingerprint density at radius 1 is 1.37 bits per heavy atom. The number of halogens is 1. The lowest BCUT2D eigenvalue weighted by molar-refractivity contribution is -0.110. The Kier molecular flexibility index (Phi) is 3.42. The third-order valence-corrected chi connectivity index (χ3v) is 2.58. The molecular formula is C9H9BrN8O. The smallest absolute Gasteiger partial charge is 0.275 e. The third-order valence-electron chi connectivity index (χ3n) is 2.17. The van der Waals surface area contributed by atoms with Crippen LogP contribution in [-0.2, 0) is 4.79 Å². The maximum atomic E-state index is 11.9. The monoisotopic (exact) mass is 324 g/mol. The molecule has 10 heteroatoms. The van der Waals surface area contributed by atoms with E-state index in [1.165, 1.54) is 0 Å². The topological polar surface area (TPSA) is 159 Å². The molecule has 0 unspecified atom stereocenters. The van der Waals surface area contributed by atoms with Crippen LogP contribution in [0.3, 0.4) is 0 Å². The highest BCUT2D eigenvalue weighted by atomic mass is 79.9. The van der Waals surface area contributed by atoms with Crippen molar-refractivity contribution in [3.63, 3.8) is 0 Å². The number of nitrogen functional groups attached to an aromatic ring is 2. The van der Waals surface area contributed by atoms with Gasteiger partial charge in [-0.25, -0.2) is 9.97 Å². The number of H-pyrrole nitrogens is 1. The summed E-state index contributed by atoms with van der Waals surface area (Å²) in [5, 5.41) is 16.5. The number of anilines is 3. The normalized spacial score (nSPS) is 10.2. The Balaban J connectivity index is 2.22. The number of hydrogen-bond donors (Lipinski definition) is 5. The molecule has 0 aliphatic carbocycles. The van der Waals surface area contributed by atoms with Gasteiger partial charge in [0.1, 0.15) is 28.3 Å². The summed E-state index contributed by atoms with van der Waals surface area (Å²) in [7, 11) is 0. The molecule has 1 amide bonds. The van der Waals surface area contributed by atoms with Crippen LogP contribution < -0.4 is 16.8 Å². The summed E-state index contributed by atoms with van der Waals surface area (Å²) in [5.41, 5.74) is 10.7. The van der Waals surface area contributed by atoms with Crippen molar-refractivity contribution in [2.24, 2.45) is 0 Å². The summed E-state index contributed by atoms with van der Waals surface area (Å²) >= 11 is 3.14. The molecule has 2 aromatic rings. The largest absolute Gasteiger partial charge is 0.383 e.